The molecule has 1 unspecified atom stereocenters. The summed E-state index contributed by atoms with van der Waals surface area (Å²) in [4.78, 5) is 29.7. The zero-order valence-corrected chi connectivity index (χ0v) is 17.3. The van der Waals surface area contributed by atoms with E-state index < -0.39 is 5.92 Å². The number of nitrogens with one attached hydrogen (secondary N) is 2. The van der Waals surface area contributed by atoms with Gasteiger partial charge in [0.05, 0.1) is 17.4 Å². The number of anilines is 1. The average Bonchev–Trinajstić information content (AvgIpc) is 3.17. The number of rotatable bonds is 4. The van der Waals surface area contributed by atoms with Crippen LogP contribution in [0.4, 0.5) is 11.4 Å². The van der Waals surface area contributed by atoms with Gasteiger partial charge in [-0.25, -0.2) is 4.99 Å². The molecule has 2 aromatic rings. The molecule has 0 spiro atoms. The Hall–Kier alpha value is -2.58. The molecule has 0 aliphatic carbocycles. The number of thioether (sulfide) groups is 1. The van der Waals surface area contributed by atoms with Gasteiger partial charge in [0.2, 0.25) is 5.91 Å². The minimum atomic E-state index is -0.518. The number of hydrogen-bond donors (Lipinski definition) is 2. The first-order valence-electron chi connectivity index (χ1n) is 8.67. The number of hydrogen-bond acceptors (Lipinski definition) is 5. The molecule has 142 valence electrons. The highest BCUT2D eigenvalue weighted by atomic mass is 79.9. The Bertz CT molecular complexity index is 1040. The van der Waals surface area contributed by atoms with Crippen LogP contribution < -0.4 is 15.4 Å². The van der Waals surface area contributed by atoms with Crippen molar-refractivity contribution in [3.05, 3.63) is 63.5 Å². The predicted molar refractivity (Wildman–Crippen MR) is 114 cm³/mol. The maximum atomic E-state index is 12.4. The molecule has 2 aliphatic rings. The molecular formula is C20H16BrN3O3S. The van der Waals surface area contributed by atoms with Gasteiger partial charge in [0.25, 0.3) is 5.91 Å². The highest BCUT2D eigenvalue weighted by Gasteiger charge is 2.32. The first-order valence-corrected chi connectivity index (χ1v) is 10.3. The van der Waals surface area contributed by atoms with E-state index in [0.29, 0.717) is 28.1 Å². The van der Waals surface area contributed by atoms with Gasteiger partial charge in [-0.3, -0.25) is 9.59 Å². The second-order valence-electron chi connectivity index (χ2n) is 6.10. The SMILES string of the molecule is CCOc1ccccc1N=C1NC(=O)/C(=C/C2C(=O)Nc3ccc(Br)cc32)S1. The first kappa shape index (κ1) is 18.8. The second-order valence-corrected chi connectivity index (χ2v) is 8.05. The number of halogens is 1. The van der Waals surface area contributed by atoms with E-state index >= 15 is 0 Å². The fraction of sp³-hybridized carbons (Fsp3) is 0.150. The van der Waals surface area contributed by atoms with Crippen molar-refractivity contribution in [2.75, 3.05) is 11.9 Å². The maximum Gasteiger partial charge on any atom is 0.263 e. The van der Waals surface area contributed by atoms with E-state index in [2.05, 4.69) is 31.6 Å². The Kier molecular flexibility index (Phi) is 5.23. The van der Waals surface area contributed by atoms with E-state index in [1.165, 1.54) is 11.8 Å². The zero-order chi connectivity index (χ0) is 19.7. The monoisotopic (exact) mass is 457 g/mol. The van der Waals surface area contributed by atoms with Crippen LogP contribution >= 0.6 is 27.7 Å². The largest absolute Gasteiger partial charge is 0.492 e. The van der Waals surface area contributed by atoms with Crippen molar-refractivity contribution in [2.24, 2.45) is 4.99 Å². The average molecular weight is 458 g/mol. The van der Waals surface area contributed by atoms with Crippen molar-refractivity contribution < 1.29 is 14.3 Å². The number of nitrogens with zero attached hydrogens (tertiary/aromatic N) is 1. The molecule has 0 radical (unpaired) electrons. The van der Waals surface area contributed by atoms with E-state index in [1.807, 2.05) is 49.4 Å². The molecule has 6 nitrogen and oxygen atoms in total. The van der Waals surface area contributed by atoms with Crippen LogP contribution in [0.25, 0.3) is 0 Å². The van der Waals surface area contributed by atoms with Gasteiger partial charge in [-0.15, -0.1) is 0 Å². The molecule has 2 aliphatic heterocycles. The normalized spacial score (nSPS) is 21.0. The zero-order valence-electron chi connectivity index (χ0n) is 14.9. The van der Waals surface area contributed by atoms with Crippen LogP contribution in [0.1, 0.15) is 18.4 Å². The van der Waals surface area contributed by atoms with E-state index in [1.54, 1.807) is 6.08 Å². The summed E-state index contributed by atoms with van der Waals surface area (Å²) in [7, 11) is 0. The number of ether oxygens (including phenoxy) is 1. The van der Waals surface area contributed by atoms with E-state index in [0.717, 1.165) is 15.7 Å². The number of amides is 2. The van der Waals surface area contributed by atoms with Crippen molar-refractivity contribution in [2.45, 2.75) is 12.8 Å². The number of para-hydroxylation sites is 2. The van der Waals surface area contributed by atoms with Gasteiger partial charge in [-0.2, -0.15) is 0 Å². The van der Waals surface area contributed by atoms with Crippen LogP contribution in [-0.2, 0) is 9.59 Å². The quantitative estimate of drug-likeness (QED) is 0.669. The van der Waals surface area contributed by atoms with Gasteiger partial charge in [-0.05, 0) is 60.7 Å². The summed E-state index contributed by atoms with van der Waals surface area (Å²) < 4.78 is 6.45. The molecule has 28 heavy (non-hydrogen) atoms. The minimum Gasteiger partial charge on any atom is -0.492 e. The number of carbonyl (C=O) groups is 2. The first-order chi connectivity index (χ1) is 13.5. The van der Waals surface area contributed by atoms with Gasteiger partial charge in [0.15, 0.2) is 5.17 Å². The molecule has 1 saturated heterocycles. The fourth-order valence-electron chi connectivity index (χ4n) is 3.00. The topological polar surface area (TPSA) is 79.8 Å². The lowest BCUT2D eigenvalue weighted by Gasteiger charge is -2.06. The lowest BCUT2D eigenvalue weighted by Crippen LogP contribution is -2.20. The lowest BCUT2D eigenvalue weighted by atomic mass is 10.0. The molecule has 1 fully saturated rings. The van der Waals surface area contributed by atoms with Crippen LogP contribution in [0.2, 0.25) is 0 Å². The summed E-state index contributed by atoms with van der Waals surface area (Å²) in [5.74, 6) is -0.287. The van der Waals surface area contributed by atoms with Crippen molar-refractivity contribution in [1.82, 2.24) is 5.32 Å². The minimum absolute atomic E-state index is 0.152. The van der Waals surface area contributed by atoms with E-state index in [4.69, 9.17) is 4.74 Å². The third-order valence-corrected chi connectivity index (χ3v) is 5.67. The smallest absolute Gasteiger partial charge is 0.263 e. The van der Waals surface area contributed by atoms with Crippen LogP contribution in [0.3, 0.4) is 0 Å². The molecule has 1 atom stereocenters. The summed E-state index contributed by atoms with van der Waals surface area (Å²) in [5.41, 5.74) is 2.24. The Labute approximate surface area is 174 Å². The van der Waals surface area contributed by atoms with Crippen molar-refractivity contribution in [3.8, 4) is 5.75 Å². The summed E-state index contributed by atoms with van der Waals surface area (Å²) in [5, 5.41) is 6.05. The Balaban J connectivity index is 1.61. The third kappa shape index (κ3) is 3.70. The second kappa shape index (κ2) is 7.81. The molecule has 0 aromatic heterocycles. The number of carbonyl (C=O) groups excluding carboxylic acids is 2. The number of fused-ring (bicyclic) bond motifs is 1. The van der Waals surface area contributed by atoms with E-state index in [-0.39, 0.29) is 11.8 Å². The molecule has 2 N–H and O–H groups in total. The number of benzene rings is 2. The number of amidine groups is 1. The highest BCUT2D eigenvalue weighted by Crippen LogP contribution is 2.38. The van der Waals surface area contributed by atoms with Crippen LogP contribution in [0.5, 0.6) is 5.75 Å². The van der Waals surface area contributed by atoms with Gasteiger partial charge < -0.3 is 15.4 Å². The standard InChI is InChI=1S/C20H16BrN3O3S/c1-2-27-16-6-4-3-5-15(16)23-20-24-19(26)17(28-20)10-13-12-9-11(21)7-8-14(12)22-18(13)25/h3-10,13H,2H2,1H3,(H,22,25)(H,23,24,26)/b17-10-. The lowest BCUT2D eigenvalue weighted by molar-refractivity contribution is -0.116. The fourth-order valence-corrected chi connectivity index (χ4v) is 4.23. The third-order valence-electron chi connectivity index (χ3n) is 4.25. The Morgan fingerprint density at radius 3 is 2.86 bits per heavy atom. The summed E-state index contributed by atoms with van der Waals surface area (Å²) >= 11 is 4.64. The van der Waals surface area contributed by atoms with Gasteiger partial charge in [-0.1, -0.05) is 28.1 Å². The van der Waals surface area contributed by atoms with Gasteiger partial charge in [0, 0.05) is 10.2 Å². The molecule has 0 bridgehead atoms. The Morgan fingerprint density at radius 1 is 1.21 bits per heavy atom. The van der Waals surface area contributed by atoms with E-state index in [9.17, 15) is 9.59 Å². The van der Waals surface area contributed by atoms with Crippen LogP contribution in [0.15, 0.2) is 62.9 Å². The van der Waals surface area contributed by atoms with Crippen LogP contribution in [0, 0.1) is 0 Å². The molecular weight excluding hydrogens is 442 g/mol. The van der Waals surface area contributed by atoms with Crippen LogP contribution in [-0.4, -0.2) is 23.6 Å². The van der Waals surface area contributed by atoms with Gasteiger partial charge >= 0.3 is 0 Å². The predicted octanol–water partition coefficient (Wildman–Crippen LogP) is 4.32. The van der Waals surface area contributed by atoms with Crippen molar-refractivity contribution >= 4 is 56.0 Å². The summed E-state index contributed by atoms with van der Waals surface area (Å²) in [6.45, 7) is 2.43. The molecule has 8 heteroatoms. The Morgan fingerprint density at radius 2 is 2.04 bits per heavy atom. The maximum absolute atomic E-state index is 12.4. The van der Waals surface area contributed by atoms with Crippen molar-refractivity contribution in [1.29, 1.82) is 0 Å². The number of aliphatic imine (C=N–C) groups is 1. The molecule has 4 rings (SSSR count). The highest BCUT2D eigenvalue weighted by molar-refractivity contribution is 9.10. The molecule has 2 heterocycles. The summed E-state index contributed by atoms with van der Waals surface area (Å²) in [6.07, 6.45) is 1.69. The summed E-state index contributed by atoms with van der Waals surface area (Å²) in [6, 6.07) is 13.0. The molecule has 2 aromatic carbocycles. The van der Waals surface area contributed by atoms with Crippen molar-refractivity contribution in [3.63, 3.8) is 0 Å². The van der Waals surface area contributed by atoms with Gasteiger partial charge in [0.1, 0.15) is 11.4 Å². The molecule has 0 saturated carbocycles. The molecule has 2 amide bonds.